The Bertz CT molecular complexity index is 159. The number of halogens is 1. The minimum absolute atomic E-state index is 0.241. The maximum atomic E-state index is 12.4. The van der Waals surface area contributed by atoms with Crippen LogP contribution in [0.25, 0.3) is 0 Å². The Morgan fingerprint density at radius 2 is 2.17 bits per heavy atom. The van der Waals surface area contributed by atoms with Crippen molar-refractivity contribution >= 4 is 6.09 Å². The van der Waals surface area contributed by atoms with Crippen molar-refractivity contribution in [2.24, 2.45) is 5.41 Å². The highest BCUT2D eigenvalue weighted by Gasteiger charge is 2.27. The van der Waals surface area contributed by atoms with Crippen molar-refractivity contribution in [1.82, 2.24) is 5.32 Å². The Hall–Kier alpha value is -0.800. The zero-order valence-electron chi connectivity index (χ0n) is 7.98. The van der Waals surface area contributed by atoms with Crippen molar-refractivity contribution in [3.05, 3.63) is 0 Å². The Balaban J connectivity index is 4.02. The van der Waals surface area contributed by atoms with Crippen molar-refractivity contribution in [2.45, 2.75) is 26.8 Å². The average molecular weight is 177 g/mol. The Kier molecular flexibility index (Phi) is 4.00. The highest BCUT2D eigenvalue weighted by Crippen LogP contribution is 2.20. The fraction of sp³-hybridized carbons (Fsp3) is 0.875. The van der Waals surface area contributed by atoms with Gasteiger partial charge < -0.3 is 10.1 Å². The van der Waals surface area contributed by atoms with E-state index in [0.29, 0.717) is 0 Å². The lowest BCUT2D eigenvalue weighted by Crippen LogP contribution is -2.43. The molecule has 0 rings (SSSR count). The summed E-state index contributed by atoms with van der Waals surface area (Å²) < 4.78 is 16.8. The maximum Gasteiger partial charge on any atom is 0.407 e. The van der Waals surface area contributed by atoms with Crippen LogP contribution in [-0.2, 0) is 4.74 Å². The SMILES string of the molecule is COC(=O)NC(C)C(C)(C)CF. The van der Waals surface area contributed by atoms with Crippen LogP contribution in [0.4, 0.5) is 9.18 Å². The molecule has 0 aromatic heterocycles. The summed E-state index contributed by atoms with van der Waals surface area (Å²) >= 11 is 0. The predicted octanol–water partition coefficient (Wildman–Crippen LogP) is 1.73. The van der Waals surface area contributed by atoms with Gasteiger partial charge in [0.15, 0.2) is 0 Å². The van der Waals surface area contributed by atoms with E-state index in [9.17, 15) is 9.18 Å². The molecule has 12 heavy (non-hydrogen) atoms. The summed E-state index contributed by atoms with van der Waals surface area (Å²) in [6.07, 6.45) is -0.524. The molecule has 1 N–H and O–H groups in total. The van der Waals surface area contributed by atoms with E-state index >= 15 is 0 Å². The lowest BCUT2D eigenvalue weighted by atomic mass is 9.87. The topological polar surface area (TPSA) is 38.3 Å². The number of amides is 1. The van der Waals surface area contributed by atoms with Crippen LogP contribution in [0.1, 0.15) is 20.8 Å². The quantitative estimate of drug-likeness (QED) is 0.712. The van der Waals surface area contributed by atoms with E-state index in [1.165, 1.54) is 7.11 Å². The number of carbonyl (C=O) groups is 1. The van der Waals surface area contributed by atoms with Gasteiger partial charge in [-0.25, -0.2) is 4.79 Å². The number of ether oxygens (including phenoxy) is 1. The molecule has 0 aromatic carbocycles. The molecule has 4 heteroatoms. The molecule has 0 aliphatic rings. The number of alkyl carbamates (subject to hydrolysis) is 1. The third-order valence-electron chi connectivity index (χ3n) is 2.04. The summed E-state index contributed by atoms with van der Waals surface area (Å²) in [4.78, 5) is 10.7. The zero-order valence-corrected chi connectivity index (χ0v) is 7.98. The van der Waals surface area contributed by atoms with E-state index in [1.54, 1.807) is 20.8 Å². The summed E-state index contributed by atoms with van der Waals surface area (Å²) in [7, 11) is 1.28. The second kappa shape index (κ2) is 4.28. The van der Waals surface area contributed by atoms with Gasteiger partial charge in [-0.3, -0.25) is 4.39 Å². The minimum Gasteiger partial charge on any atom is -0.453 e. The Morgan fingerprint density at radius 3 is 2.50 bits per heavy atom. The first-order valence-corrected chi connectivity index (χ1v) is 3.84. The molecule has 0 aliphatic carbocycles. The molecule has 0 aliphatic heterocycles. The monoisotopic (exact) mass is 177 g/mol. The van der Waals surface area contributed by atoms with Crippen LogP contribution in [-0.4, -0.2) is 25.9 Å². The minimum atomic E-state index is -0.547. The fourth-order valence-electron chi connectivity index (χ4n) is 0.547. The van der Waals surface area contributed by atoms with Crippen LogP contribution >= 0.6 is 0 Å². The molecule has 0 saturated carbocycles. The smallest absolute Gasteiger partial charge is 0.407 e. The number of hydrogen-bond donors (Lipinski definition) is 1. The van der Waals surface area contributed by atoms with Gasteiger partial charge in [0.1, 0.15) is 0 Å². The van der Waals surface area contributed by atoms with Crippen LogP contribution < -0.4 is 5.32 Å². The van der Waals surface area contributed by atoms with Gasteiger partial charge in [0.2, 0.25) is 0 Å². The van der Waals surface area contributed by atoms with Gasteiger partial charge >= 0.3 is 6.09 Å². The molecule has 1 unspecified atom stereocenters. The molecular weight excluding hydrogens is 161 g/mol. The van der Waals surface area contributed by atoms with Crippen LogP contribution in [0.2, 0.25) is 0 Å². The average Bonchev–Trinajstić information content (AvgIpc) is 2.04. The van der Waals surface area contributed by atoms with E-state index in [4.69, 9.17) is 0 Å². The van der Waals surface area contributed by atoms with Gasteiger partial charge in [-0.1, -0.05) is 13.8 Å². The van der Waals surface area contributed by atoms with E-state index in [-0.39, 0.29) is 6.04 Å². The summed E-state index contributed by atoms with van der Waals surface area (Å²) in [6, 6.07) is -0.241. The number of hydrogen-bond acceptors (Lipinski definition) is 2. The summed E-state index contributed by atoms with van der Waals surface area (Å²) in [5.41, 5.74) is -0.547. The van der Waals surface area contributed by atoms with E-state index < -0.39 is 18.2 Å². The number of methoxy groups -OCH3 is 1. The van der Waals surface area contributed by atoms with Gasteiger partial charge in [-0.15, -0.1) is 0 Å². The van der Waals surface area contributed by atoms with Gasteiger partial charge in [0.25, 0.3) is 0 Å². The van der Waals surface area contributed by atoms with Crippen molar-refractivity contribution < 1.29 is 13.9 Å². The first-order chi connectivity index (χ1) is 5.44. The number of carbonyl (C=O) groups excluding carboxylic acids is 1. The second-order valence-corrected chi connectivity index (χ2v) is 3.48. The lowest BCUT2D eigenvalue weighted by molar-refractivity contribution is 0.143. The van der Waals surface area contributed by atoms with E-state index in [2.05, 4.69) is 10.1 Å². The van der Waals surface area contributed by atoms with Gasteiger partial charge in [-0.2, -0.15) is 0 Å². The van der Waals surface area contributed by atoms with E-state index in [0.717, 1.165) is 0 Å². The highest BCUT2D eigenvalue weighted by atomic mass is 19.1. The van der Waals surface area contributed by atoms with Crippen LogP contribution in [0, 0.1) is 5.41 Å². The Labute approximate surface area is 72.3 Å². The largest absolute Gasteiger partial charge is 0.453 e. The van der Waals surface area contributed by atoms with Gasteiger partial charge in [-0.05, 0) is 6.92 Å². The van der Waals surface area contributed by atoms with Crippen molar-refractivity contribution in [1.29, 1.82) is 0 Å². The van der Waals surface area contributed by atoms with Crippen LogP contribution in [0.15, 0.2) is 0 Å². The van der Waals surface area contributed by atoms with Crippen LogP contribution in [0.5, 0.6) is 0 Å². The van der Waals surface area contributed by atoms with Gasteiger partial charge in [0.05, 0.1) is 13.8 Å². The molecule has 0 aromatic rings. The molecule has 0 fully saturated rings. The van der Waals surface area contributed by atoms with Crippen molar-refractivity contribution in [3.8, 4) is 0 Å². The summed E-state index contributed by atoms with van der Waals surface area (Å²) in [5, 5.41) is 2.52. The molecule has 1 amide bonds. The molecule has 1 atom stereocenters. The molecule has 0 spiro atoms. The van der Waals surface area contributed by atoms with Crippen LogP contribution in [0.3, 0.4) is 0 Å². The number of rotatable bonds is 3. The fourth-order valence-corrected chi connectivity index (χ4v) is 0.547. The molecule has 0 radical (unpaired) electrons. The highest BCUT2D eigenvalue weighted by molar-refractivity contribution is 5.67. The first kappa shape index (κ1) is 11.2. The third kappa shape index (κ3) is 3.07. The summed E-state index contributed by atoms with van der Waals surface area (Å²) in [5.74, 6) is 0. The van der Waals surface area contributed by atoms with Crippen molar-refractivity contribution in [3.63, 3.8) is 0 Å². The Morgan fingerprint density at radius 1 is 1.67 bits per heavy atom. The summed E-state index contributed by atoms with van der Waals surface area (Å²) in [6.45, 7) is 4.76. The van der Waals surface area contributed by atoms with Gasteiger partial charge in [0, 0.05) is 11.5 Å². The molecule has 3 nitrogen and oxygen atoms in total. The maximum absolute atomic E-state index is 12.4. The predicted molar refractivity (Wildman–Crippen MR) is 44.8 cm³/mol. The number of nitrogens with one attached hydrogen (secondary N) is 1. The first-order valence-electron chi connectivity index (χ1n) is 3.84. The second-order valence-electron chi connectivity index (χ2n) is 3.48. The molecule has 0 bridgehead atoms. The number of alkyl halides is 1. The molecule has 72 valence electrons. The zero-order chi connectivity index (χ0) is 9.78. The molecular formula is C8H16FNO2. The standard InChI is InChI=1S/C8H16FNO2/c1-6(8(2,3)5-9)10-7(11)12-4/h6H,5H2,1-4H3,(H,10,11). The molecule has 0 saturated heterocycles. The van der Waals surface area contributed by atoms with E-state index in [1.807, 2.05) is 0 Å². The lowest BCUT2D eigenvalue weighted by Gasteiger charge is -2.28. The third-order valence-corrected chi connectivity index (χ3v) is 2.04. The molecule has 0 heterocycles. The van der Waals surface area contributed by atoms with Crippen molar-refractivity contribution in [2.75, 3.05) is 13.8 Å². The normalized spacial score (nSPS) is 13.8.